The SMILES string of the molecule is Cl.NCCC(=O)N1CCN(c2ncc(C(F)(F)F)cn2)CC1. The summed E-state index contributed by atoms with van der Waals surface area (Å²) in [6.45, 7) is 2.26. The molecule has 2 heterocycles. The highest BCUT2D eigenvalue weighted by Gasteiger charge is 2.32. The number of amides is 1. The summed E-state index contributed by atoms with van der Waals surface area (Å²) < 4.78 is 37.3. The number of rotatable bonds is 3. The summed E-state index contributed by atoms with van der Waals surface area (Å²) in [7, 11) is 0. The van der Waals surface area contributed by atoms with Crippen LogP contribution < -0.4 is 10.6 Å². The normalized spacial score (nSPS) is 15.5. The zero-order chi connectivity index (χ0) is 15.5. The van der Waals surface area contributed by atoms with Crippen molar-refractivity contribution in [2.24, 2.45) is 5.73 Å². The Kier molecular flexibility index (Phi) is 6.36. The molecule has 0 aromatic carbocycles. The number of nitrogens with two attached hydrogens (primary N) is 1. The first-order valence-electron chi connectivity index (χ1n) is 6.54. The van der Waals surface area contributed by atoms with Crippen molar-refractivity contribution >= 4 is 24.3 Å². The Labute approximate surface area is 131 Å². The molecule has 1 aromatic heterocycles. The first-order valence-corrected chi connectivity index (χ1v) is 6.54. The van der Waals surface area contributed by atoms with Crippen molar-refractivity contribution in [3.63, 3.8) is 0 Å². The van der Waals surface area contributed by atoms with Gasteiger partial charge in [-0.2, -0.15) is 13.2 Å². The van der Waals surface area contributed by atoms with Crippen LogP contribution in [0.25, 0.3) is 0 Å². The number of anilines is 1. The van der Waals surface area contributed by atoms with Gasteiger partial charge in [0, 0.05) is 51.5 Å². The quantitative estimate of drug-likeness (QED) is 0.886. The van der Waals surface area contributed by atoms with Crippen molar-refractivity contribution in [2.75, 3.05) is 37.6 Å². The van der Waals surface area contributed by atoms with Crippen molar-refractivity contribution in [1.82, 2.24) is 14.9 Å². The molecule has 0 atom stereocenters. The second-order valence-electron chi connectivity index (χ2n) is 4.68. The van der Waals surface area contributed by atoms with Crippen molar-refractivity contribution in [3.8, 4) is 0 Å². The second-order valence-corrected chi connectivity index (χ2v) is 4.68. The summed E-state index contributed by atoms with van der Waals surface area (Å²) >= 11 is 0. The van der Waals surface area contributed by atoms with Gasteiger partial charge in [-0.05, 0) is 0 Å². The van der Waals surface area contributed by atoms with Gasteiger partial charge in [0.1, 0.15) is 0 Å². The summed E-state index contributed by atoms with van der Waals surface area (Å²) in [5, 5.41) is 0. The van der Waals surface area contributed by atoms with Crippen LogP contribution >= 0.6 is 12.4 Å². The predicted molar refractivity (Wildman–Crippen MR) is 76.7 cm³/mol. The van der Waals surface area contributed by atoms with E-state index < -0.39 is 11.7 Å². The van der Waals surface area contributed by atoms with E-state index in [1.807, 2.05) is 0 Å². The van der Waals surface area contributed by atoms with E-state index in [4.69, 9.17) is 5.73 Å². The Bertz CT molecular complexity index is 489. The highest BCUT2D eigenvalue weighted by Crippen LogP contribution is 2.28. The molecule has 0 bridgehead atoms. The maximum absolute atomic E-state index is 12.4. The molecule has 0 unspecified atom stereocenters. The van der Waals surface area contributed by atoms with Gasteiger partial charge in [0.15, 0.2) is 0 Å². The number of nitrogens with zero attached hydrogens (tertiary/aromatic N) is 4. The average Bonchev–Trinajstić information content (AvgIpc) is 2.47. The maximum Gasteiger partial charge on any atom is 0.419 e. The van der Waals surface area contributed by atoms with Crippen LogP contribution in [0.4, 0.5) is 19.1 Å². The lowest BCUT2D eigenvalue weighted by atomic mass is 10.3. The van der Waals surface area contributed by atoms with Gasteiger partial charge in [0.05, 0.1) is 5.56 Å². The highest BCUT2D eigenvalue weighted by atomic mass is 35.5. The molecule has 1 fully saturated rings. The highest BCUT2D eigenvalue weighted by molar-refractivity contribution is 5.85. The van der Waals surface area contributed by atoms with Gasteiger partial charge in [0.25, 0.3) is 0 Å². The average molecular weight is 340 g/mol. The molecule has 10 heteroatoms. The molecule has 0 spiro atoms. The number of carbonyl (C=O) groups is 1. The number of hydrogen-bond acceptors (Lipinski definition) is 5. The van der Waals surface area contributed by atoms with Crippen LogP contribution in [0, 0.1) is 0 Å². The van der Waals surface area contributed by atoms with Gasteiger partial charge in [-0.25, -0.2) is 9.97 Å². The molecule has 1 aliphatic rings. The van der Waals surface area contributed by atoms with E-state index in [2.05, 4.69) is 9.97 Å². The monoisotopic (exact) mass is 339 g/mol. The van der Waals surface area contributed by atoms with Gasteiger partial charge < -0.3 is 15.5 Å². The Balaban J connectivity index is 0.00000242. The van der Waals surface area contributed by atoms with E-state index in [9.17, 15) is 18.0 Å². The molecule has 0 saturated carbocycles. The molecule has 22 heavy (non-hydrogen) atoms. The molecule has 1 saturated heterocycles. The van der Waals surface area contributed by atoms with Crippen LogP contribution in [0.2, 0.25) is 0 Å². The third-order valence-electron chi connectivity index (χ3n) is 3.24. The molecule has 0 radical (unpaired) electrons. The van der Waals surface area contributed by atoms with E-state index in [-0.39, 0.29) is 24.3 Å². The van der Waals surface area contributed by atoms with Crippen molar-refractivity contribution < 1.29 is 18.0 Å². The van der Waals surface area contributed by atoms with Crippen LogP contribution in [-0.2, 0) is 11.0 Å². The van der Waals surface area contributed by atoms with Crippen LogP contribution in [-0.4, -0.2) is 53.5 Å². The fraction of sp³-hybridized carbons (Fsp3) is 0.583. The summed E-state index contributed by atoms with van der Waals surface area (Å²) in [5.41, 5.74) is 4.46. The lowest BCUT2D eigenvalue weighted by molar-refractivity contribution is -0.138. The lowest BCUT2D eigenvalue weighted by Crippen LogP contribution is -2.49. The summed E-state index contributed by atoms with van der Waals surface area (Å²) in [4.78, 5) is 22.6. The Morgan fingerprint density at radius 3 is 2.18 bits per heavy atom. The first-order chi connectivity index (χ1) is 9.91. The molecule has 124 valence electrons. The van der Waals surface area contributed by atoms with Crippen LogP contribution in [0.1, 0.15) is 12.0 Å². The Hall–Kier alpha value is -1.61. The summed E-state index contributed by atoms with van der Waals surface area (Å²) in [6, 6.07) is 0. The van der Waals surface area contributed by atoms with E-state index in [0.717, 1.165) is 12.4 Å². The van der Waals surface area contributed by atoms with E-state index in [1.165, 1.54) is 0 Å². The number of aromatic nitrogens is 2. The first kappa shape index (κ1) is 18.4. The molecule has 1 aliphatic heterocycles. The van der Waals surface area contributed by atoms with Gasteiger partial charge in [-0.3, -0.25) is 4.79 Å². The molecule has 2 N–H and O–H groups in total. The van der Waals surface area contributed by atoms with Gasteiger partial charge in [-0.15, -0.1) is 12.4 Å². The van der Waals surface area contributed by atoms with E-state index in [0.29, 0.717) is 39.1 Å². The number of halogens is 4. The van der Waals surface area contributed by atoms with Gasteiger partial charge >= 0.3 is 6.18 Å². The molecular weight excluding hydrogens is 323 g/mol. The minimum absolute atomic E-state index is 0. The smallest absolute Gasteiger partial charge is 0.339 e. The largest absolute Gasteiger partial charge is 0.419 e. The van der Waals surface area contributed by atoms with Crippen molar-refractivity contribution in [3.05, 3.63) is 18.0 Å². The molecule has 2 rings (SSSR count). The predicted octanol–water partition coefficient (Wildman–Crippen LogP) is 0.915. The number of piperazine rings is 1. The Morgan fingerprint density at radius 1 is 1.18 bits per heavy atom. The summed E-state index contributed by atoms with van der Waals surface area (Å²) in [6.07, 6.45) is -2.59. The Morgan fingerprint density at radius 2 is 1.73 bits per heavy atom. The van der Waals surface area contributed by atoms with Crippen LogP contribution in [0.5, 0.6) is 0 Å². The number of carbonyl (C=O) groups excluding carboxylic acids is 1. The molecule has 1 aromatic rings. The third-order valence-corrected chi connectivity index (χ3v) is 3.24. The van der Waals surface area contributed by atoms with Crippen LogP contribution in [0.3, 0.4) is 0 Å². The van der Waals surface area contributed by atoms with Gasteiger partial charge in [0.2, 0.25) is 11.9 Å². The molecule has 1 amide bonds. The number of hydrogen-bond donors (Lipinski definition) is 1. The minimum Gasteiger partial charge on any atom is -0.339 e. The maximum atomic E-state index is 12.4. The van der Waals surface area contributed by atoms with Gasteiger partial charge in [-0.1, -0.05) is 0 Å². The zero-order valence-corrected chi connectivity index (χ0v) is 12.5. The number of alkyl halides is 3. The fourth-order valence-corrected chi connectivity index (χ4v) is 2.07. The van der Waals surface area contributed by atoms with E-state index >= 15 is 0 Å². The fourth-order valence-electron chi connectivity index (χ4n) is 2.07. The summed E-state index contributed by atoms with van der Waals surface area (Å²) in [5.74, 6) is 0.236. The topological polar surface area (TPSA) is 75.4 Å². The minimum atomic E-state index is -4.44. The van der Waals surface area contributed by atoms with Crippen molar-refractivity contribution in [1.29, 1.82) is 0 Å². The standard InChI is InChI=1S/C12H16F3N5O.ClH/c13-12(14,15)9-7-17-11(18-8-9)20-5-3-19(4-6-20)10(21)1-2-16;/h7-8H,1-6,16H2;1H. The molecule has 6 nitrogen and oxygen atoms in total. The zero-order valence-electron chi connectivity index (χ0n) is 11.7. The molecule has 0 aliphatic carbocycles. The third kappa shape index (κ3) is 4.44. The molecular formula is C12H17ClF3N5O. The van der Waals surface area contributed by atoms with Crippen molar-refractivity contribution in [2.45, 2.75) is 12.6 Å². The lowest BCUT2D eigenvalue weighted by Gasteiger charge is -2.34. The van der Waals surface area contributed by atoms with E-state index in [1.54, 1.807) is 9.80 Å². The second kappa shape index (κ2) is 7.59. The van der Waals surface area contributed by atoms with Crippen LogP contribution in [0.15, 0.2) is 12.4 Å².